The number of rotatable bonds is 5. The SMILES string of the molecule is CCCn1ccc2c(N(Cl)Cc3ccccc3)cccc2c1=O. The molecule has 0 saturated carbocycles. The Morgan fingerprint density at radius 2 is 1.78 bits per heavy atom. The number of nitrogens with zero attached hydrogens (tertiary/aromatic N) is 2. The lowest BCUT2D eigenvalue weighted by Gasteiger charge is -2.18. The van der Waals surface area contributed by atoms with E-state index in [1.54, 1.807) is 8.99 Å². The van der Waals surface area contributed by atoms with Gasteiger partial charge >= 0.3 is 0 Å². The van der Waals surface area contributed by atoms with Crippen LogP contribution in [0.1, 0.15) is 18.9 Å². The zero-order valence-corrected chi connectivity index (χ0v) is 13.8. The number of halogens is 1. The van der Waals surface area contributed by atoms with Gasteiger partial charge in [-0.25, -0.2) is 0 Å². The summed E-state index contributed by atoms with van der Waals surface area (Å²) >= 11 is 6.50. The van der Waals surface area contributed by atoms with Gasteiger partial charge in [0.05, 0.1) is 12.2 Å². The molecule has 0 N–H and O–H groups in total. The van der Waals surface area contributed by atoms with Gasteiger partial charge in [0.1, 0.15) is 0 Å². The third-order valence-electron chi connectivity index (χ3n) is 3.89. The standard InChI is InChI=1S/C19H19ClN2O/c1-2-12-21-13-11-16-17(19(21)23)9-6-10-18(16)22(20)14-15-7-4-3-5-8-15/h3-11,13H,2,12,14H2,1H3. The van der Waals surface area contributed by atoms with E-state index in [0.717, 1.165) is 29.6 Å². The van der Waals surface area contributed by atoms with Gasteiger partial charge in [-0.3, -0.25) is 9.21 Å². The van der Waals surface area contributed by atoms with Crippen LogP contribution in [0.25, 0.3) is 10.8 Å². The third kappa shape index (κ3) is 3.25. The van der Waals surface area contributed by atoms with Crippen LogP contribution in [0.3, 0.4) is 0 Å². The minimum atomic E-state index is 0.0379. The van der Waals surface area contributed by atoms with Gasteiger partial charge in [-0.1, -0.05) is 43.3 Å². The lowest BCUT2D eigenvalue weighted by Crippen LogP contribution is -2.20. The fourth-order valence-corrected chi connectivity index (χ4v) is 3.04. The Bertz CT molecular complexity index is 858. The zero-order chi connectivity index (χ0) is 16.2. The van der Waals surface area contributed by atoms with Gasteiger partial charge in [0.15, 0.2) is 0 Å². The maximum atomic E-state index is 12.6. The molecule has 0 aliphatic rings. The maximum Gasteiger partial charge on any atom is 0.258 e. The Balaban J connectivity index is 2.01. The van der Waals surface area contributed by atoms with Crippen molar-refractivity contribution in [2.45, 2.75) is 26.4 Å². The molecule has 23 heavy (non-hydrogen) atoms. The molecule has 4 heteroatoms. The summed E-state index contributed by atoms with van der Waals surface area (Å²) in [6, 6.07) is 17.7. The number of benzene rings is 2. The number of hydrogen-bond donors (Lipinski definition) is 0. The summed E-state index contributed by atoms with van der Waals surface area (Å²) in [5.41, 5.74) is 2.02. The quantitative estimate of drug-likeness (QED) is 0.642. The number of hydrogen-bond acceptors (Lipinski definition) is 2. The summed E-state index contributed by atoms with van der Waals surface area (Å²) in [6.07, 6.45) is 2.78. The van der Waals surface area contributed by atoms with Crippen LogP contribution in [0.15, 0.2) is 65.6 Å². The molecule has 2 aromatic carbocycles. The Kier molecular flexibility index (Phi) is 4.68. The molecule has 1 aromatic heterocycles. The van der Waals surface area contributed by atoms with Crippen LogP contribution < -0.4 is 9.98 Å². The topological polar surface area (TPSA) is 25.2 Å². The van der Waals surface area contributed by atoms with Crippen LogP contribution >= 0.6 is 11.8 Å². The van der Waals surface area contributed by atoms with Gasteiger partial charge in [-0.15, -0.1) is 0 Å². The van der Waals surface area contributed by atoms with Crippen molar-refractivity contribution in [3.05, 3.63) is 76.7 Å². The van der Waals surface area contributed by atoms with Crippen molar-refractivity contribution in [3.8, 4) is 0 Å². The van der Waals surface area contributed by atoms with Crippen LogP contribution in [-0.2, 0) is 13.1 Å². The Morgan fingerprint density at radius 3 is 2.52 bits per heavy atom. The first kappa shape index (κ1) is 15.6. The Morgan fingerprint density at radius 1 is 1.00 bits per heavy atom. The van der Waals surface area contributed by atoms with E-state index in [1.807, 2.05) is 60.8 Å². The molecule has 1 heterocycles. The van der Waals surface area contributed by atoms with Gasteiger partial charge in [-0.05, 0) is 30.2 Å². The van der Waals surface area contributed by atoms with Crippen molar-refractivity contribution >= 4 is 28.2 Å². The highest BCUT2D eigenvalue weighted by molar-refractivity contribution is 6.27. The molecule has 3 nitrogen and oxygen atoms in total. The molecule has 0 fully saturated rings. The zero-order valence-electron chi connectivity index (χ0n) is 13.1. The monoisotopic (exact) mass is 326 g/mol. The lowest BCUT2D eigenvalue weighted by molar-refractivity contribution is 0.659. The molecule has 0 aliphatic heterocycles. The number of aromatic nitrogens is 1. The van der Waals surface area contributed by atoms with Gasteiger partial charge in [0, 0.05) is 35.3 Å². The first-order valence-corrected chi connectivity index (χ1v) is 8.14. The van der Waals surface area contributed by atoms with Crippen molar-refractivity contribution in [1.29, 1.82) is 0 Å². The van der Waals surface area contributed by atoms with E-state index < -0.39 is 0 Å². The molecule has 0 radical (unpaired) electrons. The minimum Gasteiger partial charge on any atom is -0.315 e. The average Bonchev–Trinajstić information content (AvgIpc) is 2.58. The van der Waals surface area contributed by atoms with Crippen molar-refractivity contribution in [3.63, 3.8) is 0 Å². The third-order valence-corrected chi connectivity index (χ3v) is 4.19. The van der Waals surface area contributed by atoms with Crippen molar-refractivity contribution in [2.24, 2.45) is 0 Å². The molecule has 0 atom stereocenters. The number of anilines is 1. The van der Waals surface area contributed by atoms with Crippen molar-refractivity contribution in [1.82, 2.24) is 4.57 Å². The average molecular weight is 327 g/mol. The first-order valence-electron chi connectivity index (χ1n) is 7.80. The van der Waals surface area contributed by atoms with Crippen molar-refractivity contribution in [2.75, 3.05) is 4.42 Å². The molecule has 3 aromatic rings. The lowest BCUT2D eigenvalue weighted by atomic mass is 10.1. The molecule has 0 amide bonds. The van der Waals surface area contributed by atoms with E-state index in [2.05, 4.69) is 6.92 Å². The highest BCUT2D eigenvalue weighted by Gasteiger charge is 2.11. The van der Waals surface area contributed by atoms with Crippen LogP contribution in [0.4, 0.5) is 5.69 Å². The summed E-state index contributed by atoms with van der Waals surface area (Å²) in [5, 5.41) is 1.59. The molecule has 0 bridgehead atoms. The highest BCUT2D eigenvalue weighted by Crippen LogP contribution is 2.27. The second-order valence-corrected chi connectivity index (χ2v) is 5.97. The molecular formula is C19H19ClN2O. The van der Waals surface area contributed by atoms with E-state index in [1.165, 1.54) is 0 Å². The largest absolute Gasteiger partial charge is 0.315 e. The fourth-order valence-electron chi connectivity index (χ4n) is 2.76. The number of pyridine rings is 1. The molecule has 0 unspecified atom stereocenters. The fraction of sp³-hybridized carbons (Fsp3) is 0.211. The molecule has 3 rings (SSSR count). The summed E-state index contributed by atoms with van der Waals surface area (Å²) in [6.45, 7) is 3.38. The second kappa shape index (κ2) is 6.88. The van der Waals surface area contributed by atoms with Gasteiger partial charge in [0.2, 0.25) is 0 Å². The summed E-state index contributed by atoms with van der Waals surface area (Å²) in [5.74, 6) is 0. The maximum absolute atomic E-state index is 12.6. The summed E-state index contributed by atoms with van der Waals surface area (Å²) < 4.78 is 3.42. The summed E-state index contributed by atoms with van der Waals surface area (Å²) in [4.78, 5) is 12.6. The van der Waals surface area contributed by atoms with Gasteiger partial charge < -0.3 is 4.57 Å². The molecule has 118 valence electrons. The number of aryl methyl sites for hydroxylation is 1. The van der Waals surface area contributed by atoms with E-state index in [4.69, 9.17) is 11.8 Å². The minimum absolute atomic E-state index is 0.0379. The smallest absolute Gasteiger partial charge is 0.258 e. The predicted molar refractivity (Wildman–Crippen MR) is 97.0 cm³/mol. The summed E-state index contributed by atoms with van der Waals surface area (Å²) in [7, 11) is 0. The molecule has 0 saturated heterocycles. The van der Waals surface area contributed by atoms with E-state index in [9.17, 15) is 4.79 Å². The Labute approximate surface area is 140 Å². The normalized spacial score (nSPS) is 10.9. The number of fused-ring (bicyclic) bond motifs is 1. The predicted octanol–water partition coefficient (Wildman–Crippen LogP) is 4.57. The molecule has 0 aliphatic carbocycles. The van der Waals surface area contributed by atoms with Crippen LogP contribution in [0.5, 0.6) is 0 Å². The highest BCUT2D eigenvalue weighted by atomic mass is 35.5. The molecule has 0 spiro atoms. The van der Waals surface area contributed by atoms with Gasteiger partial charge in [-0.2, -0.15) is 0 Å². The molecular weight excluding hydrogens is 308 g/mol. The Hall–Kier alpha value is -2.26. The van der Waals surface area contributed by atoms with E-state index in [-0.39, 0.29) is 5.56 Å². The van der Waals surface area contributed by atoms with Crippen LogP contribution in [-0.4, -0.2) is 4.57 Å². The van der Waals surface area contributed by atoms with Crippen molar-refractivity contribution < 1.29 is 0 Å². The van der Waals surface area contributed by atoms with E-state index >= 15 is 0 Å². The van der Waals surface area contributed by atoms with E-state index in [0.29, 0.717) is 11.9 Å². The first-order chi connectivity index (χ1) is 11.2. The van der Waals surface area contributed by atoms with Gasteiger partial charge in [0.25, 0.3) is 5.56 Å². The van der Waals surface area contributed by atoms with Crippen LogP contribution in [0, 0.1) is 0 Å². The van der Waals surface area contributed by atoms with Crippen LogP contribution in [0.2, 0.25) is 0 Å². The second-order valence-electron chi connectivity index (χ2n) is 5.56.